The van der Waals surface area contributed by atoms with Gasteiger partial charge in [0.1, 0.15) is 0 Å². The van der Waals surface area contributed by atoms with Gasteiger partial charge in [-0.1, -0.05) is 97.6 Å². The third-order valence-corrected chi connectivity index (χ3v) is 3.72. The summed E-state index contributed by atoms with van der Waals surface area (Å²) in [5.74, 6) is 0. The van der Waals surface area contributed by atoms with Crippen LogP contribution in [0.2, 0.25) is 0 Å². The summed E-state index contributed by atoms with van der Waals surface area (Å²) in [6.07, 6.45) is 11.2. The summed E-state index contributed by atoms with van der Waals surface area (Å²) in [6, 6.07) is 21.1. The minimum absolute atomic E-state index is 0.946. The average Bonchev–Trinajstić information content (AvgIpc) is 2.65. The number of benzene rings is 2. The van der Waals surface area contributed by atoms with E-state index in [1.54, 1.807) is 6.08 Å². The van der Waals surface area contributed by atoms with Crippen molar-refractivity contribution >= 4 is 5.57 Å². The highest BCUT2D eigenvalue weighted by Gasteiger charge is 2.05. The first-order valence-electron chi connectivity index (χ1n) is 8.30. The van der Waals surface area contributed by atoms with Crippen LogP contribution in [0.5, 0.6) is 0 Å². The highest BCUT2D eigenvalue weighted by atomic mass is 14.8. The zero-order chi connectivity index (χ0) is 17.0. The Hall–Kier alpha value is -2.64. The SMILES string of the molecule is C=C/C=C\C=C(\C=C(c1ccccc1)c1ccccc1)CCNC. The molecule has 0 saturated carbocycles. The smallest absolute Gasteiger partial charge is 0.00114 e. The fourth-order valence-corrected chi connectivity index (χ4v) is 2.48. The third-order valence-electron chi connectivity index (χ3n) is 3.72. The molecule has 0 unspecified atom stereocenters. The first-order valence-corrected chi connectivity index (χ1v) is 8.30. The molecule has 0 aromatic heterocycles. The van der Waals surface area contributed by atoms with Gasteiger partial charge >= 0.3 is 0 Å². The molecular weight excluding hydrogens is 290 g/mol. The molecule has 122 valence electrons. The lowest BCUT2D eigenvalue weighted by atomic mass is 9.95. The molecule has 1 N–H and O–H groups in total. The van der Waals surface area contributed by atoms with E-state index in [4.69, 9.17) is 0 Å². The van der Waals surface area contributed by atoms with Crippen LogP contribution in [0.3, 0.4) is 0 Å². The maximum atomic E-state index is 3.73. The van der Waals surface area contributed by atoms with Gasteiger partial charge in [-0.2, -0.15) is 0 Å². The first-order chi connectivity index (χ1) is 11.8. The number of hydrogen-bond acceptors (Lipinski definition) is 1. The van der Waals surface area contributed by atoms with Gasteiger partial charge in [0.2, 0.25) is 0 Å². The molecule has 0 aliphatic rings. The normalized spacial score (nSPS) is 11.5. The van der Waals surface area contributed by atoms with Gasteiger partial charge < -0.3 is 5.32 Å². The van der Waals surface area contributed by atoms with E-state index in [2.05, 4.69) is 84.7 Å². The summed E-state index contributed by atoms with van der Waals surface area (Å²) in [5, 5.41) is 3.23. The van der Waals surface area contributed by atoms with Crippen LogP contribution in [0.15, 0.2) is 103 Å². The molecule has 2 aromatic rings. The lowest BCUT2D eigenvalue weighted by Crippen LogP contribution is -2.08. The van der Waals surface area contributed by atoms with Crippen LogP contribution in [-0.2, 0) is 0 Å². The fourth-order valence-electron chi connectivity index (χ4n) is 2.48. The van der Waals surface area contributed by atoms with E-state index in [0.717, 1.165) is 13.0 Å². The van der Waals surface area contributed by atoms with Crippen molar-refractivity contribution in [3.05, 3.63) is 114 Å². The molecule has 24 heavy (non-hydrogen) atoms. The monoisotopic (exact) mass is 315 g/mol. The van der Waals surface area contributed by atoms with Gasteiger partial charge in [-0.15, -0.1) is 0 Å². The highest BCUT2D eigenvalue weighted by molar-refractivity contribution is 5.81. The molecule has 0 saturated heterocycles. The Morgan fingerprint density at radius 2 is 1.50 bits per heavy atom. The molecule has 1 nitrogen and oxygen atoms in total. The Balaban J connectivity index is 2.46. The van der Waals surface area contributed by atoms with E-state index in [1.807, 2.05) is 19.2 Å². The predicted octanol–water partition coefficient (Wildman–Crippen LogP) is 5.40. The fraction of sp³-hybridized carbons (Fsp3) is 0.130. The second-order valence-electron chi connectivity index (χ2n) is 5.51. The predicted molar refractivity (Wildman–Crippen MR) is 106 cm³/mol. The van der Waals surface area contributed by atoms with Crippen molar-refractivity contribution in [2.75, 3.05) is 13.6 Å². The summed E-state index contributed by atoms with van der Waals surface area (Å²) in [4.78, 5) is 0. The third kappa shape index (κ3) is 5.53. The molecule has 0 bridgehead atoms. The van der Waals surface area contributed by atoms with Gasteiger partial charge in [-0.3, -0.25) is 0 Å². The zero-order valence-corrected chi connectivity index (χ0v) is 14.3. The van der Waals surface area contributed by atoms with Crippen LogP contribution < -0.4 is 5.32 Å². The summed E-state index contributed by atoms with van der Waals surface area (Å²) in [5.41, 5.74) is 4.98. The van der Waals surface area contributed by atoms with E-state index in [1.165, 1.54) is 22.3 Å². The van der Waals surface area contributed by atoms with Gasteiger partial charge in [0.15, 0.2) is 0 Å². The second kappa shape index (κ2) is 10.2. The van der Waals surface area contributed by atoms with E-state index in [-0.39, 0.29) is 0 Å². The first kappa shape index (κ1) is 17.7. The van der Waals surface area contributed by atoms with Crippen LogP contribution >= 0.6 is 0 Å². The van der Waals surface area contributed by atoms with Crippen molar-refractivity contribution in [3.63, 3.8) is 0 Å². The number of hydrogen-bond donors (Lipinski definition) is 1. The summed E-state index contributed by atoms with van der Waals surface area (Å²) < 4.78 is 0. The van der Waals surface area contributed by atoms with E-state index in [9.17, 15) is 0 Å². The number of rotatable bonds is 8. The zero-order valence-electron chi connectivity index (χ0n) is 14.3. The Bertz CT molecular complexity index is 665. The molecule has 1 heteroatoms. The van der Waals surface area contributed by atoms with Crippen molar-refractivity contribution in [2.24, 2.45) is 0 Å². The molecule has 0 aliphatic carbocycles. The van der Waals surface area contributed by atoms with Crippen LogP contribution in [-0.4, -0.2) is 13.6 Å². The van der Waals surface area contributed by atoms with Crippen molar-refractivity contribution in [3.8, 4) is 0 Å². The quantitative estimate of drug-likeness (QED) is 0.643. The van der Waals surface area contributed by atoms with Crippen LogP contribution in [0.1, 0.15) is 17.5 Å². The summed E-state index contributed by atoms with van der Waals surface area (Å²) in [6.45, 7) is 4.68. The van der Waals surface area contributed by atoms with Crippen LogP contribution in [0, 0.1) is 0 Å². The maximum absolute atomic E-state index is 3.73. The largest absolute Gasteiger partial charge is 0.319 e. The van der Waals surface area contributed by atoms with Crippen molar-refractivity contribution in [2.45, 2.75) is 6.42 Å². The highest BCUT2D eigenvalue weighted by Crippen LogP contribution is 2.25. The molecule has 0 aliphatic heterocycles. The minimum Gasteiger partial charge on any atom is -0.319 e. The Kier molecular flexibility index (Phi) is 7.52. The van der Waals surface area contributed by atoms with Gasteiger partial charge in [0, 0.05) is 0 Å². The van der Waals surface area contributed by atoms with Crippen LogP contribution in [0.4, 0.5) is 0 Å². The molecule has 0 radical (unpaired) electrons. The van der Waals surface area contributed by atoms with Gasteiger partial charge in [-0.05, 0) is 42.3 Å². The molecule has 2 rings (SSSR count). The maximum Gasteiger partial charge on any atom is -0.00114 e. The molecular formula is C23H25N. The number of nitrogens with one attached hydrogen (secondary N) is 1. The molecule has 0 atom stereocenters. The summed E-state index contributed by atoms with van der Waals surface area (Å²) in [7, 11) is 1.98. The van der Waals surface area contributed by atoms with Gasteiger partial charge in [0.05, 0.1) is 0 Å². The van der Waals surface area contributed by atoms with Gasteiger partial charge in [-0.25, -0.2) is 0 Å². The van der Waals surface area contributed by atoms with E-state index < -0.39 is 0 Å². The van der Waals surface area contributed by atoms with Crippen LogP contribution in [0.25, 0.3) is 5.57 Å². The standard InChI is InChI=1S/C23H25N/c1-3-4-7-12-20(17-18-24-2)19-23(21-13-8-5-9-14-21)22-15-10-6-11-16-22/h3-16,19,24H,1,17-18H2,2H3/b7-4-,20-12+. The lowest BCUT2D eigenvalue weighted by molar-refractivity contribution is 0.794. The summed E-state index contributed by atoms with van der Waals surface area (Å²) >= 11 is 0. The Morgan fingerprint density at radius 3 is 2.00 bits per heavy atom. The molecule has 2 aromatic carbocycles. The average molecular weight is 315 g/mol. The van der Waals surface area contributed by atoms with E-state index >= 15 is 0 Å². The van der Waals surface area contributed by atoms with Crippen molar-refractivity contribution < 1.29 is 0 Å². The molecule has 0 amide bonds. The molecule has 0 heterocycles. The minimum atomic E-state index is 0.946. The lowest BCUT2D eigenvalue weighted by Gasteiger charge is -2.11. The van der Waals surface area contributed by atoms with Gasteiger partial charge in [0.25, 0.3) is 0 Å². The topological polar surface area (TPSA) is 12.0 Å². The van der Waals surface area contributed by atoms with E-state index in [0.29, 0.717) is 0 Å². The molecule has 0 spiro atoms. The molecule has 0 fully saturated rings. The number of allylic oxidation sites excluding steroid dienone is 5. The Labute approximate surface area is 145 Å². The second-order valence-corrected chi connectivity index (χ2v) is 5.51. The van der Waals surface area contributed by atoms with Crippen molar-refractivity contribution in [1.29, 1.82) is 0 Å². The Morgan fingerprint density at radius 1 is 0.917 bits per heavy atom. The van der Waals surface area contributed by atoms with Crippen molar-refractivity contribution in [1.82, 2.24) is 5.32 Å².